The second kappa shape index (κ2) is 9.43. The van der Waals surface area contributed by atoms with E-state index in [0.29, 0.717) is 11.3 Å². The second-order valence-corrected chi connectivity index (χ2v) is 8.71. The molecular formula is C20H21N3O6S2. The van der Waals surface area contributed by atoms with Crippen molar-refractivity contribution in [3.8, 4) is 0 Å². The Morgan fingerprint density at radius 2 is 1.71 bits per heavy atom. The van der Waals surface area contributed by atoms with E-state index in [4.69, 9.17) is 4.55 Å². The summed E-state index contributed by atoms with van der Waals surface area (Å²) in [5, 5.41) is 4.32. The molecule has 2 atom stereocenters. The maximum atomic E-state index is 12.6. The number of nitrogens with one attached hydrogen (secondary N) is 2. The van der Waals surface area contributed by atoms with Crippen LogP contribution < -0.4 is 14.3 Å². The Morgan fingerprint density at radius 1 is 1.06 bits per heavy atom. The van der Waals surface area contributed by atoms with Crippen LogP contribution in [0.5, 0.6) is 0 Å². The van der Waals surface area contributed by atoms with Gasteiger partial charge >= 0.3 is 10.3 Å². The molecule has 164 valence electrons. The largest absolute Gasteiger partial charge is 0.357 e. The van der Waals surface area contributed by atoms with E-state index < -0.39 is 33.5 Å². The Balaban J connectivity index is 1.95. The van der Waals surface area contributed by atoms with Crippen LogP contribution >= 0.6 is 0 Å². The molecule has 0 saturated heterocycles. The van der Waals surface area contributed by atoms with Crippen LogP contribution in [0.4, 0.5) is 11.4 Å². The first-order valence-corrected chi connectivity index (χ1v) is 11.6. The van der Waals surface area contributed by atoms with Crippen LogP contribution in [0.25, 0.3) is 10.8 Å². The Bertz CT molecular complexity index is 1220. The van der Waals surface area contributed by atoms with Crippen LogP contribution in [0.3, 0.4) is 0 Å². The third-order valence-corrected chi connectivity index (χ3v) is 5.91. The van der Waals surface area contributed by atoms with E-state index in [1.165, 1.54) is 19.2 Å². The molecule has 2 unspecified atom stereocenters. The van der Waals surface area contributed by atoms with Gasteiger partial charge in [0.25, 0.3) is 11.3 Å². The van der Waals surface area contributed by atoms with Crippen LogP contribution in [0, 0.1) is 0 Å². The lowest BCUT2D eigenvalue weighted by atomic mass is 10.0. The van der Waals surface area contributed by atoms with Crippen molar-refractivity contribution in [2.24, 2.45) is 0 Å². The summed E-state index contributed by atoms with van der Waals surface area (Å²) in [6.07, 6.45) is 0.0744. The number of benzene rings is 3. The molecule has 0 radical (unpaired) electrons. The van der Waals surface area contributed by atoms with E-state index in [1.807, 2.05) is 29.0 Å². The van der Waals surface area contributed by atoms with Crippen molar-refractivity contribution in [3.05, 3.63) is 72.3 Å². The van der Waals surface area contributed by atoms with Gasteiger partial charge in [-0.05, 0) is 40.6 Å². The van der Waals surface area contributed by atoms with Gasteiger partial charge < -0.3 is 5.32 Å². The zero-order valence-corrected chi connectivity index (χ0v) is 18.1. The van der Waals surface area contributed by atoms with Crippen molar-refractivity contribution in [2.75, 3.05) is 16.1 Å². The summed E-state index contributed by atoms with van der Waals surface area (Å²) in [4.78, 5) is 12.6. The van der Waals surface area contributed by atoms with Crippen LogP contribution in [-0.4, -0.2) is 40.7 Å². The van der Waals surface area contributed by atoms with E-state index in [-0.39, 0.29) is 12.1 Å². The van der Waals surface area contributed by atoms with Gasteiger partial charge in [0.05, 0.1) is 11.4 Å². The molecule has 11 heteroatoms. The van der Waals surface area contributed by atoms with Gasteiger partial charge in [0.2, 0.25) is 5.91 Å². The van der Waals surface area contributed by atoms with E-state index in [0.717, 1.165) is 15.1 Å². The van der Waals surface area contributed by atoms with E-state index in [1.54, 1.807) is 30.3 Å². The molecule has 0 bridgehead atoms. The van der Waals surface area contributed by atoms with Crippen LogP contribution in [0.15, 0.2) is 66.7 Å². The third kappa shape index (κ3) is 5.79. The SMILES string of the molecule is CNC(=O)C(Cc1ccc(NS(=O)(=O)O)cc1)N(c1ccc2ccccc2c1)S(=O)O. The highest BCUT2D eigenvalue weighted by Crippen LogP contribution is 2.26. The van der Waals surface area contributed by atoms with Crippen LogP contribution in [0.1, 0.15) is 5.56 Å². The molecule has 31 heavy (non-hydrogen) atoms. The molecule has 0 aliphatic carbocycles. The van der Waals surface area contributed by atoms with Gasteiger partial charge in [-0.15, -0.1) is 0 Å². The number of carbonyl (C=O) groups is 1. The van der Waals surface area contributed by atoms with Crippen molar-refractivity contribution >= 4 is 49.6 Å². The molecule has 3 aromatic rings. The summed E-state index contributed by atoms with van der Waals surface area (Å²) in [6.45, 7) is 0. The molecule has 0 aliphatic rings. The molecule has 3 rings (SSSR count). The molecular weight excluding hydrogens is 442 g/mol. The maximum absolute atomic E-state index is 12.6. The monoisotopic (exact) mass is 463 g/mol. The lowest BCUT2D eigenvalue weighted by molar-refractivity contribution is -0.121. The number of carbonyl (C=O) groups excluding carboxylic acids is 1. The van der Waals surface area contributed by atoms with Crippen molar-refractivity contribution in [1.29, 1.82) is 0 Å². The molecule has 0 aromatic heterocycles. The van der Waals surface area contributed by atoms with Gasteiger partial charge in [-0.3, -0.25) is 22.9 Å². The lowest BCUT2D eigenvalue weighted by Gasteiger charge is -2.29. The number of hydrogen-bond donors (Lipinski definition) is 4. The maximum Gasteiger partial charge on any atom is 0.357 e. The van der Waals surface area contributed by atoms with Gasteiger partial charge in [-0.25, -0.2) is 4.21 Å². The minimum Gasteiger partial charge on any atom is -0.357 e. The number of fused-ring (bicyclic) bond motifs is 1. The van der Waals surface area contributed by atoms with Crippen molar-refractivity contribution in [3.63, 3.8) is 0 Å². The average molecular weight is 464 g/mol. The predicted octanol–water partition coefficient (Wildman–Crippen LogP) is 2.35. The molecule has 0 heterocycles. The fourth-order valence-electron chi connectivity index (χ4n) is 3.22. The quantitative estimate of drug-likeness (QED) is 0.299. The normalized spacial score (nSPS) is 13.4. The second-order valence-electron chi connectivity index (χ2n) is 6.70. The van der Waals surface area contributed by atoms with Gasteiger partial charge in [0, 0.05) is 13.5 Å². The fourth-order valence-corrected chi connectivity index (χ4v) is 4.34. The van der Waals surface area contributed by atoms with Crippen LogP contribution in [0.2, 0.25) is 0 Å². The van der Waals surface area contributed by atoms with Gasteiger partial charge in [-0.1, -0.05) is 42.5 Å². The zero-order chi connectivity index (χ0) is 22.6. The van der Waals surface area contributed by atoms with E-state index >= 15 is 0 Å². The Morgan fingerprint density at radius 3 is 2.29 bits per heavy atom. The fraction of sp³-hybridized carbons (Fsp3) is 0.150. The lowest BCUT2D eigenvalue weighted by Crippen LogP contribution is -2.48. The highest BCUT2D eigenvalue weighted by atomic mass is 32.2. The number of hydrogen-bond acceptors (Lipinski definition) is 4. The first kappa shape index (κ1) is 22.7. The number of likely N-dealkylation sites (N-methyl/N-ethyl adjacent to an activating group) is 1. The van der Waals surface area contributed by atoms with E-state index in [2.05, 4.69) is 5.32 Å². The van der Waals surface area contributed by atoms with E-state index in [9.17, 15) is 22.0 Å². The standard InChI is InChI=1S/C20H21N3O6S2/c1-21-20(24)19(12-14-6-9-17(10-7-14)22-31(27,28)29)23(30(25)26)18-11-8-15-4-2-3-5-16(15)13-18/h2-11,13,19,22H,12H2,1H3,(H,21,24)(H,25,26)(H,27,28,29). The summed E-state index contributed by atoms with van der Waals surface area (Å²) in [6, 6.07) is 17.7. The number of amides is 1. The Labute approximate surface area is 182 Å². The van der Waals surface area contributed by atoms with Crippen molar-refractivity contribution < 1.29 is 26.5 Å². The third-order valence-electron chi connectivity index (χ3n) is 4.62. The zero-order valence-electron chi connectivity index (χ0n) is 16.4. The molecule has 3 aromatic carbocycles. The van der Waals surface area contributed by atoms with Gasteiger partial charge in [0.1, 0.15) is 6.04 Å². The van der Waals surface area contributed by atoms with Crippen molar-refractivity contribution in [1.82, 2.24) is 5.32 Å². The first-order valence-electron chi connectivity index (χ1n) is 9.13. The molecule has 1 amide bonds. The molecule has 0 spiro atoms. The Kier molecular flexibility index (Phi) is 6.91. The minimum absolute atomic E-state index is 0.0744. The van der Waals surface area contributed by atoms with Crippen LogP contribution in [-0.2, 0) is 32.8 Å². The summed E-state index contributed by atoms with van der Waals surface area (Å²) < 4.78 is 56.0. The first-order chi connectivity index (χ1) is 14.7. The molecule has 9 nitrogen and oxygen atoms in total. The highest BCUT2D eigenvalue weighted by Gasteiger charge is 2.30. The molecule has 4 N–H and O–H groups in total. The highest BCUT2D eigenvalue weighted by molar-refractivity contribution is 7.87. The molecule has 0 saturated carbocycles. The molecule has 0 fully saturated rings. The Hall–Kier alpha value is -2.99. The minimum atomic E-state index is -4.40. The molecule has 0 aliphatic heterocycles. The average Bonchev–Trinajstić information content (AvgIpc) is 2.72. The number of anilines is 2. The smallest absolute Gasteiger partial charge is 0.357 e. The summed E-state index contributed by atoms with van der Waals surface area (Å²) in [5.41, 5.74) is 1.16. The summed E-state index contributed by atoms with van der Waals surface area (Å²) in [7, 11) is -2.97. The van der Waals surface area contributed by atoms with Gasteiger partial charge in [0.15, 0.2) is 0 Å². The summed E-state index contributed by atoms with van der Waals surface area (Å²) >= 11 is -2.49. The van der Waals surface area contributed by atoms with Gasteiger partial charge in [-0.2, -0.15) is 8.42 Å². The number of nitrogens with zero attached hydrogens (tertiary/aromatic N) is 1. The summed E-state index contributed by atoms with van der Waals surface area (Å²) in [5.74, 6) is -0.462. The topological polar surface area (TPSA) is 136 Å². The van der Waals surface area contributed by atoms with Crippen molar-refractivity contribution in [2.45, 2.75) is 12.5 Å². The predicted molar refractivity (Wildman–Crippen MR) is 120 cm³/mol. The number of rotatable bonds is 8.